The van der Waals surface area contributed by atoms with Gasteiger partial charge in [-0.2, -0.15) is 0 Å². The van der Waals surface area contributed by atoms with E-state index in [2.05, 4.69) is 17.9 Å². The lowest BCUT2D eigenvalue weighted by molar-refractivity contribution is 0.102. The van der Waals surface area contributed by atoms with Gasteiger partial charge in [0.25, 0.3) is 5.91 Å². The van der Waals surface area contributed by atoms with Gasteiger partial charge in [-0.25, -0.2) is 8.78 Å². The molecule has 1 amide bonds. The fourth-order valence-corrected chi connectivity index (χ4v) is 1.55. The van der Waals surface area contributed by atoms with Crippen LogP contribution < -0.4 is 5.32 Å². The van der Waals surface area contributed by atoms with Crippen molar-refractivity contribution in [1.82, 2.24) is 0 Å². The van der Waals surface area contributed by atoms with E-state index >= 15 is 0 Å². The highest BCUT2D eigenvalue weighted by Gasteiger charge is 2.09. The normalized spacial score (nSPS) is 10.2. The Balaban J connectivity index is 2.18. The van der Waals surface area contributed by atoms with Gasteiger partial charge >= 0.3 is 0 Å². The maximum absolute atomic E-state index is 13.3. The van der Waals surface area contributed by atoms with Crippen molar-refractivity contribution in [1.29, 1.82) is 0 Å². The van der Waals surface area contributed by atoms with Gasteiger partial charge < -0.3 is 5.32 Å². The molecule has 0 aromatic heterocycles. The largest absolute Gasteiger partial charge is 0.319 e. The number of nitrogens with one attached hydrogen (secondary N) is 1. The predicted molar refractivity (Wildman–Crippen MR) is 68.0 cm³/mol. The van der Waals surface area contributed by atoms with Crippen LogP contribution in [0.3, 0.4) is 0 Å². The van der Waals surface area contributed by atoms with Crippen LogP contribution in [-0.4, -0.2) is 5.91 Å². The number of amides is 1. The van der Waals surface area contributed by atoms with E-state index in [0.29, 0.717) is 11.6 Å². The summed E-state index contributed by atoms with van der Waals surface area (Å²) >= 11 is 4.09. The number of rotatable bonds is 2. The van der Waals surface area contributed by atoms with Gasteiger partial charge in [0, 0.05) is 16.5 Å². The summed E-state index contributed by atoms with van der Waals surface area (Å²) in [7, 11) is 0. The van der Waals surface area contributed by atoms with Gasteiger partial charge in [0.2, 0.25) is 0 Å². The van der Waals surface area contributed by atoms with Crippen LogP contribution >= 0.6 is 12.6 Å². The predicted octanol–water partition coefficient (Wildman–Crippen LogP) is 3.51. The molecule has 0 aliphatic carbocycles. The van der Waals surface area contributed by atoms with Crippen LogP contribution in [0.4, 0.5) is 14.5 Å². The summed E-state index contributed by atoms with van der Waals surface area (Å²) in [6.07, 6.45) is 0. The van der Waals surface area contributed by atoms with E-state index in [1.54, 1.807) is 24.3 Å². The number of carbonyl (C=O) groups excluding carboxylic acids is 1. The summed E-state index contributed by atoms with van der Waals surface area (Å²) in [5, 5.41) is 2.37. The first-order valence-corrected chi connectivity index (χ1v) is 5.56. The Morgan fingerprint density at radius 3 is 2.33 bits per heavy atom. The minimum absolute atomic E-state index is 0.0589. The number of benzene rings is 2. The fraction of sp³-hybridized carbons (Fsp3) is 0. The summed E-state index contributed by atoms with van der Waals surface area (Å²) in [4.78, 5) is 12.5. The molecule has 0 bridgehead atoms. The minimum atomic E-state index is -0.811. The molecule has 0 aliphatic rings. The molecule has 18 heavy (non-hydrogen) atoms. The Morgan fingerprint density at radius 2 is 1.72 bits per heavy atom. The third-order valence-corrected chi connectivity index (χ3v) is 2.61. The maximum atomic E-state index is 13.3. The fourth-order valence-electron chi connectivity index (χ4n) is 1.40. The second-order valence-electron chi connectivity index (χ2n) is 3.63. The first kappa shape index (κ1) is 12.6. The van der Waals surface area contributed by atoms with Crippen LogP contribution in [0.2, 0.25) is 0 Å². The number of thiol groups is 1. The van der Waals surface area contributed by atoms with Gasteiger partial charge in [0.05, 0.1) is 5.69 Å². The zero-order valence-electron chi connectivity index (χ0n) is 9.15. The van der Waals surface area contributed by atoms with E-state index in [9.17, 15) is 13.6 Å². The molecule has 0 saturated carbocycles. The van der Waals surface area contributed by atoms with E-state index in [1.807, 2.05) is 0 Å². The molecule has 0 aliphatic heterocycles. The van der Waals surface area contributed by atoms with Crippen LogP contribution in [0.25, 0.3) is 0 Å². The Labute approximate surface area is 108 Å². The van der Waals surface area contributed by atoms with Gasteiger partial charge in [0.15, 0.2) is 0 Å². The third-order valence-electron chi connectivity index (χ3n) is 2.31. The molecule has 0 unspecified atom stereocenters. The number of hydrogen-bond acceptors (Lipinski definition) is 2. The maximum Gasteiger partial charge on any atom is 0.255 e. The van der Waals surface area contributed by atoms with Crippen molar-refractivity contribution in [2.24, 2.45) is 0 Å². The Hall–Kier alpha value is -1.88. The number of anilines is 1. The summed E-state index contributed by atoms with van der Waals surface area (Å²) < 4.78 is 26.0. The van der Waals surface area contributed by atoms with Gasteiger partial charge in [-0.15, -0.1) is 12.6 Å². The van der Waals surface area contributed by atoms with Crippen LogP contribution in [0.5, 0.6) is 0 Å². The molecule has 2 aromatic rings. The highest BCUT2D eigenvalue weighted by atomic mass is 32.1. The Morgan fingerprint density at radius 1 is 1.06 bits per heavy atom. The lowest BCUT2D eigenvalue weighted by atomic mass is 10.2. The average Bonchev–Trinajstić information content (AvgIpc) is 2.33. The molecule has 0 spiro atoms. The van der Waals surface area contributed by atoms with Crippen molar-refractivity contribution in [3.05, 3.63) is 59.7 Å². The molecular weight excluding hydrogens is 256 g/mol. The molecule has 2 rings (SSSR count). The van der Waals surface area contributed by atoms with Gasteiger partial charge in [-0.05, 0) is 36.4 Å². The average molecular weight is 265 g/mol. The van der Waals surface area contributed by atoms with Crippen molar-refractivity contribution in [2.75, 3.05) is 5.32 Å². The zero-order valence-corrected chi connectivity index (χ0v) is 10.0. The molecule has 2 aromatic carbocycles. The summed E-state index contributed by atoms with van der Waals surface area (Å²) in [5.41, 5.74) is 0.313. The lowest BCUT2D eigenvalue weighted by Crippen LogP contribution is -2.12. The molecule has 5 heteroatoms. The van der Waals surface area contributed by atoms with Crippen molar-refractivity contribution in [2.45, 2.75) is 4.90 Å². The first-order chi connectivity index (χ1) is 8.56. The summed E-state index contributed by atoms with van der Waals surface area (Å²) in [6, 6.07) is 9.41. The molecule has 0 atom stereocenters. The SMILES string of the molecule is O=C(Nc1ccc(F)cc1F)c1ccc(S)cc1. The Bertz CT molecular complexity index is 584. The third kappa shape index (κ3) is 2.87. The Kier molecular flexibility index (Phi) is 3.62. The van der Waals surface area contributed by atoms with Crippen molar-refractivity contribution >= 4 is 24.2 Å². The van der Waals surface area contributed by atoms with Crippen LogP contribution in [0.1, 0.15) is 10.4 Å². The van der Waals surface area contributed by atoms with Crippen LogP contribution in [0, 0.1) is 11.6 Å². The van der Waals surface area contributed by atoms with E-state index < -0.39 is 17.5 Å². The van der Waals surface area contributed by atoms with Crippen molar-refractivity contribution in [3.8, 4) is 0 Å². The van der Waals surface area contributed by atoms with Gasteiger partial charge in [-0.1, -0.05) is 0 Å². The molecule has 1 N–H and O–H groups in total. The van der Waals surface area contributed by atoms with E-state index in [-0.39, 0.29) is 5.69 Å². The second kappa shape index (κ2) is 5.18. The molecule has 92 valence electrons. The monoisotopic (exact) mass is 265 g/mol. The summed E-state index contributed by atoms with van der Waals surface area (Å²) in [5.74, 6) is -1.96. The number of halogens is 2. The molecule has 2 nitrogen and oxygen atoms in total. The topological polar surface area (TPSA) is 29.1 Å². The summed E-state index contributed by atoms with van der Waals surface area (Å²) in [6.45, 7) is 0. The molecular formula is C13H9F2NOS. The molecule has 0 fully saturated rings. The number of carbonyl (C=O) groups is 1. The van der Waals surface area contributed by atoms with E-state index in [1.165, 1.54) is 6.07 Å². The van der Waals surface area contributed by atoms with Crippen molar-refractivity contribution < 1.29 is 13.6 Å². The van der Waals surface area contributed by atoms with Gasteiger partial charge in [-0.3, -0.25) is 4.79 Å². The molecule has 0 saturated heterocycles. The molecule has 0 radical (unpaired) electrons. The quantitative estimate of drug-likeness (QED) is 0.799. The highest BCUT2D eigenvalue weighted by molar-refractivity contribution is 7.80. The molecule has 0 heterocycles. The van der Waals surface area contributed by atoms with Crippen LogP contribution in [0.15, 0.2) is 47.4 Å². The standard InChI is InChI=1S/C13H9F2NOS/c14-9-3-6-12(11(15)7-9)16-13(17)8-1-4-10(18)5-2-8/h1-7,18H,(H,16,17). The van der Waals surface area contributed by atoms with Gasteiger partial charge in [0.1, 0.15) is 11.6 Å². The highest BCUT2D eigenvalue weighted by Crippen LogP contribution is 2.16. The van der Waals surface area contributed by atoms with Crippen LogP contribution in [-0.2, 0) is 0 Å². The van der Waals surface area contributed by atoms with Crippen molar-refractivity contribution in [3.63, 3.8) is 0 Å². The first-order valence-electron chi connectivity index (χ1n) is 5.12. The van der Waals surface area contributed by atoms with E-state index in [4.69, 9.17) is 0 Å². The number of hydrogen-bond donors (Lipinski definition) is 2. The smallest absolute Gasteiger partial charge is 0.255 e. The zero-order chi connectivity index (χ0) is 13.1. The second-order valence-corrected chi connectivity index (χ2v) is 4.14. The minimum Gasteiger partial charge on any atom is -0.319 e. The lowest BCUT2D eigenvalue weighted by Gasteiger charge is -2.06. The van der Waals surface area contributed by atoms with E-state index in [0.717, 1.165) is 11.0 Å².